The number of amides is 2. The van der Waals surface area contributed by atoms with E-state index in [1.165, 1.54) is 12.3 Å². The standard InChI is InChI=1S/C26H21FN4O2/c27-24-8-1-16(13-29-24)14-30-25(32)18-4-2-17(3-5-18)22-12-23(22)26(33)31-21-7-6-20-15-28-10-9-19(20)11-21/h1-11,13,15,22-23H,12,14H2,(H,30,32)(H,31,33)/t22-,23+/m0/s1. The van der Waals surface area contributed by atoms with Crippen LogP contribution in [0.2, 0.25) is 0 Å². The Hall–Kier alpha value is -4.13. The minimum Gasteiger partial charge on any atom is -0.348 e. The molecular weight excluding hydrogens is 419 g/mol. The highest BCUT2D eigenvalue weighted by molar-refractivity contribution is 5.97. The first-order chi connectivity index (χ1) is 16.1. The third-order valence-electron chi connectivity index (χ3n) is 5.88. The quantitative estimate of drug-likeness (QED) is 0.434. The number of benzene rings is 2. The van der Waals surface area contributed by atoms with E-state index in [0.717, 1.165) is 34.0 Å². The Morgan fingerprint density at radius 2 is 1.82 bits per heavy atom. The Morgan fingerprint density at radius 1 is 0.970 bits per heavy atom. The molecule has 0 unspecified atom stereocenters. The van der Waals surface area contributed by atoms with Gasteiger partial charge in [-0.15, -0.1) is 0 Å². The average molecular weight is 440 g/mol. The Kier molecular flexibility index (Phi) is 5.52. The van der Waals surface area contributed by atoms with Gasteiger partial charge in [0.15, 0.2) is 0 Å². The number of hydrogen-bond donors (Lipinski definition) is 2. The SMILES string of the molecule is O=C(NCc1ccc(F)nc1)c1ccc([C@@H]2C[C@H]2C(=O)Nc2ccc3cnccc3c2)cc1. The van der Waals surface area contributed by atoms with Gasteiger partial charge in [0, 0.05) is 47.7 Å². The normalized spacial score (nSPS) is 16.9. The van der Waals surface area contributed by atoms with E-state index in [1.807, 2.05) is 36.4 Å². The first kappa shape index (κ1) is 20.8. The molecule has 5 rings (SSSR count). The Balaban J connectivity index is 1.16. The van der Waals surface area contributed by atoms with Gasteiger partial charge in [0.2, 0.25) is 11.9 Å². The van der Waals surface area contributed by atoms with Gasteiger partial charge in [-0.1, -0.05) is 24.3 Å². The monoisotopic (exact) mass is 440 g/mol. The molecule has 0 aliphatic heterocycles. The molecular formula is C26H21FN4O2. The summed E-state index contributed by atoms with van der Waals surface area (Å²) >= 11 is 0. The summed E-state index contributed by atoms with van der Waals surface area (Å²) < 4.78 is 12.9. The molecule has 1 aliphatic rings. The van der Waals surface area contributed by atoms with Crippen molar-refractivity contribution in [2.45, 2.75) is 18.9 Å². The van der Waals surface area contributed by atoms with Crippen molar-refractivity contribution in [2.75, 3.05) is 5.32 Å². The molecule has 0 spiro atoms. The van der Waals surface area contributed by atoms with Gasteiger partial charge >= 0.3 is 0 Å². The molecule has 2 atom stereocenters. The number of fused-ring (bicyclic) bond motifs is 1. The van der Waals surface area contributed by atoms with E-state index in [2.05, 4.69) is 20.6 Å². The van der Waals surface area contributed by atoms with Crippen LogP contribution in [0.1, 0.15) is 33.8 Å². The number of pyridine rings is 2. The number of rotatable bonds is 6. The van der Waals surface area contributed by atoms with Crippen molar-refractivity contribution in [3.8, 4) is 0 Å². The fraction of sp³-hybridized carbons (Fsp3) is 0.154. The van der Waals surface area contributed by atoms with Gasteiger partial charge in [-0.05, 0) is 65.3 Å². The van der Waals surface area contributed by atoms with Gasteiger partial charge in [0.05, 0.1) is 0 Å². The van der Waals surface area contributed by atoms with Gasteiger partial charge in [0.25, 0.3) is 5.91 Å². The molecule has 7 heteroatoms. The molecule has 0 saturated heterocycles. The number of nitrogens with zero attached hydrogens (tertiary/aromatic N) is 2. The molecule has 164 valence electrons. The van der Waals surface area contributed by atoms with Crippen LogP contribution in [0.25, 0.3) is 10.8 Å². The first-order valence-electron chi connectivity index (χ1n) is 10.7. The smallest absolute Gasteiger partial charge is 0.251 e. The average Bonchev–Trinajstić information content (AvgIpc) is 3.65. The number of aromatic nitrogens is 2. The maximum absolute atomic E-state index is 12.9. The summed E-state index contributed by atoms with van der Waals surface area (Å²) in [5, 5.41) is 7.86. The van der Waals surface area contributed by atoms with E-state index in [0.29, 0.717) is 5.56 Å². The van der Waals surface area contributed by atoms with Crippen LogP contribution in [0.4, 0.5) is 10.1 Å². The number of carbonyl (C=O) groups excluding carboxylic acids is 2. The predicted molar refractivity (Wildman–Crippen MR) is 123 cm³/mol. The lowest BCUT2D eigenvalue weighted by Crippen LogP contribution is -2.22. The van der Waals surface area contributed by atoms with Crippen LogP contribution in [-0.4, -0.2) is 21.8 Å². The van der Waals surface area contributed by atoms with Crippen LogP contribution in [0.3, 0.4) is 0 Å². The minimum atomic E-state index is -0.553. The van der Waals surface area contributed by atoms with Crippen LogP contribution >= 0.6 is 0 Å². The molecule has 1 saturated carbocycles. The van der Waals surface area contributed by atoms with Crippen LogP contribution in [0.5, 0.6) is 0 Å². The summed E-state index contributed by atoms with van der Waals surface area (Å²) in [5.41, 5.74) is 3.06. The summed E-state index contributed by atoms with van der Waals surface area (Å²) in [5.74, 6) is -0.700. The summed E-state index contributed by atoms with van der Waals surface area (Å²) in [6, 6.07) is 17.9. The number of nitrogens with one attached hydrogen (secondary N) is 2. The molecule has 0 bridgehead atoms. The molecule has 4 aromatic rings. The molecule has 2 aromatic heterocycles. The van der Waals surface area contributed by atoms with Crippen LogP contribution in [-0.2, 0) is 11.3 Å². The van der Waals surface area contributed by atoms with Crippen molar-refractivity contribution >= 4 is 28.3 Å². The van der Waals surface area contributed by atoms with Gasteiger partial charge in [0.1, 0.15) is 0 Å². The highest BCUT2D eigenvalue weighted by Crippen LogP contribution is 2.48. The zero-order valence-corrected chi connectivity index (χ0v) is 17.7. The molecule has 1 fully saturated rings. The van der Waals surface area contributed by atoms with Crippen LogP contribution in [0, 0.1) is 11.9 Å². The van der Waals surface area contributed by atoms with Gasteiger partial charge in [-0.2, -0.15) is 4.39 Å². The first-order valence-corrected chi connectivity index (χ1v) is 10.7. The molecule has 6 nitrogen and oxygen atoms in total. The molecule has 2 heterocycles. The van der Waals surface area contributed by atoms with E-state index in [9.17, 15) is 14.0 Å². The molecule has 2 N–H and O–H groups in total. The maximum Gasteiger partial charge on any atom is 0.251 e. The molecule has 2 aromatic carbocycles. The number of anilines is 1. The van der Waals surface area contributed by atoms with E-state index in [1.54, 1.807) is 30.6 Å². The second-order valence-electron chi connectivity index (χ2n) is 8.17. The number of hydrogen-bond acceptors (Lipinski definition) is 4. The van der Waals surface area contributed by atoms with Crippen LogP contribution < -0.4 is 10.6 Å². The molecule has 0 radical (unpaired) electrons. The minimum absolute atomic E-state index is 0.00290. The highest BCUT2D eigenvalue weighted by atomic mass is 19.1. The summed E-state index contributed by atoms with van der Waals surface area (Å²) in [6.07, 6.45) is 5.70. The largest absolute Gasteiger partial charge is 0.348 e. The zero-order valence-electron chi connectivity index (χ0n) is 17.7. The van der Waals surface area contributed by atoms with Crippen molar-refractivity contribution in [1.82, 2.24) is 15.3 Å². The third-order valence-corrected chi connectivity index (χ3v) is 5.88. The Bertz CT molecular complexity index is 1320. The zero-order chi connectivity index (χ0) is 22.8. The van der Waals surface area contributed by atoms with Gasteiger partial charge in [-0.3, -0.25) is 14.6 Å². The Morgan fingerprint density at radius 3 is 2.61 bits per heavy atom. The summed E-state index contributed by atoms with van der Waals surface area (Å²) in [7, 11) is 0. The number of halogens is 1. The van der Waals surface area contributed by atoms with Crippen molar-refractivity contribution < 1.29 is 14.0 Å². The van der Waals surface area contributed by atoms with E-state index < -0.39 is 5.95 Å². The molecule has 1 aliphatic carbocycles. The fourth-order valence-corrected chi connectivity index (χ4v) is 3.93. The second kappa shape index (κ2) is 8.78. The van der Waals surface area contributed by atoms with E-state index in [4.69, 9.17) is 0 Å². The predicted octanol–water partition coefficient (Wildman–Crippen LogP) is 4.44. The highest BCUT2D eigenvalue weighted by Gasteiger charge is 2.43. The van der Waals surface area contributed by atoms with Crippen molar-refractivity contribution in [3.63, 3.8) is 0 Å². The van der Waals surface area contributed by atoms with Gasteiger partial charge < -0.3 is 10.6 Å². The van der Waals surface area contributed by atoms with Gasteiger partial charge in [-0.25, -0.2) is 4.98 Å². The third kappa shape index (κ3) is 4.72. The lowest BCUT2D eigenvalue weighted by atomic mass is 10.1. The topological polar surface area (TPSA) is 84.0 Å². The fourth-order valence-electron chi connectivity index (χ4n) is 3.93. The van der Waals surface area contributed by atoms with Crippen molar-refractivity contribution in [2.24, 2.45) is 5.92 Å². The van der Waals surface area contributed by atoms with E-state index in [-0.39, 0.29) is 30.2 Å². The Labute approximate surface area is 189 Å². The van der Waals surface area contributed by atoms with Crippen LogP contribution in [0.15, 0.2) is 79.3 Å². The van der Waals surface area contributed by atoms with Crippen molar-refractivity contribution in [3.05, 3.63) is 102 Å². The summed E-state index contributed by atoms with van der Waals surface area (Å²) in [4.78, 5) is 32.7. The van der Waals surface area contributed by atoms with E-state index >= 15 is 0 Å². The van der Waals surface area contributed by atoms with Crippen molar-refractivity contribution in [1.29, 1.82) is 0 Å². The maximum atomic E-state index is 12.9. The lowest BCUT2D eigenvalue weighted by Gasteiger charge is -2.08. The summed E-state index contributed by atoms with van der Waals surface area (Å²) in [6.45, 7) is 0.268. The number of carbonyl (C=O) groups is 2. The molecule has 33 heavy (non-hydrogen) atoms. The molecule has 2 amide bonds. The second-order valence-corrected chi connectivity index (χ2v) is 8.17. The lowest BCUT2D eigenvalue weighted by molar-refractivity contribution is -0.117.